The maximum Gasteiger partial charge on any atom is 0.416 e. The zero-order chi connectivity index (χ0) is 24.9. The van der Waals surface area contributed by atoms with Crippen molar-refractivity contribution in [3.63, 3.8) is 0 Å². The maximum atomic E-state index is 13.2. The molecule has 0 aliphatic carbocycles. The van der Waals surface area contributed by atoms with Crippen molar-refractivity contribution in [3.8, 4) is 0 Å². The molecular weight excluding hydrogens is 441 g/mol. The molecule has 0 spiro atoms. The molecule has 2 aromatic rings. The number of carbonyl (C=O) groups excluding carboxylic acids is 1. The lowest BCUT2D eigenvalue weighted by Crippen LogP contribution is -2.41. The molecule has 2 aromatic carbocycles. The van der Waals surface area contributed by atoms with Crippen molar-refractivity contribution in [3.05, 3.63) is 70.8 Å². The predicted molar refractivity (Wildman–Crippen MR) is 127 cm³/mol. The Hall–Kier alpha value is -2.38. The number of hydrogen-bond acceptors (Lipinski definition) is 3. The minimum atomic E-state index is -4.35. The summed E-state index contributed by atoms with van der Waals surface area (Å²) in [6, 6.07) is 13.8. The minimum Gasteiger partial charge on any atom is -0.383 e. The molecule has 1 amide bonds. The Kier molecular flexibility index (Phi) is 8.77. The third-order valence-corrected chi connectivity index (χ3v) is 6.59. The zero-order valence-corrected chi connectivity index (χ0v) is 20.4. The molecule has 0 N–H and O–H groups in total. The first-order chi connectivity index (χ1) is 16.1. The number of nitrogens with zero attached hydrogens (tertiary/aromatic N) is 2. The van der Waals surface area contributed by atoms with Crippen LogP contribution in [0.3, 0.4) is 0 Å². The summed E-state index contributed by atoms with van der Waals surface area (Å²) in [5.41, 5.74) is 2.46. The minimum absolute atomic E-state index is 0.0944. The van der Waals surface area contributed by atoms with Gasteiger partial charge in [-0.25, -0.2) is 0 Å². The monoisotopic (exact) mass is 476 g/mol. The van der Waals surface area contributed by atoms with Gasteiger partial charge in [-0.15, -0.1) is 0 Å². The van der Waals surface area contributed by atoms with Crippen LogP contribution in [0.5, 0.6) is 0 Å². The summed E-state index contributed by atoms with van der Waals surface area (Å²) in [7, 11) is 1.63. The van der Waals surface area contributed by atoms with E-state index in [1.54, 1.807) is 13.2 Å². The van der Waals surface area contributed by atoms with Crippen LogP contribution in [0.15, 0.2) is 48.5 Å². The average Bonchev–Trinajstić information content (AvgIpc) is 3.17. The number of ether oxygens (including phenoxy) is 1. The Labute approximate surface area is 200 Å². The van der Waals surface area contributed by atoms with Gasteiger partial charge in [0.05, 0.1) is 12.2 Å². The predicted octanol–water partition coefficient (Wildman–Crippen LogP) is 5.36. The van der Waals surface area contributed by atoms with Gasteiger partial charge in [-0.3, -0.25) is 9.69 Å². The van der Waals surface area contributed by atoms with Gasteiger partial charge < -0.3 is 9.64 Å². The third-order valence-electron chi connectivity index (χ3n) is 6.59. The van der Waals surface area contributed by atoms with E-state index in [4.69, 9.17) is 4.74 Å². The summed E-state index contributed by atoms with van der Waals surface area (Å²) < 4.78 is 44.8. The molecule has 34 heavy (non-hydrogen) atoms. The molecular formula is C27H35F3N2O2. The lowest BCUT2D eigenvalue weighted by atomic mass is 9.86. The Morgan fingerprint density at radius 1 is 1.15 bits per heavy atom. The van der Waals surface area contributed by atoms with E-state index in [-0.39, 0.29) is 23.7 Å². The highest BCUT2D eigenvalue weighted by Crippen LogP contribution is 2.36. The quantitative estimate of drug-likeness (QED) is 0.489. The van der Waals surface area contributed by atoms with E-state index < -0.39 is 11.7 Å². The van der Waals surface area contributed by atoms with Gasteiger partial charge in [0, 0.05) is 51.7 Å². The van der Waals surface area contributed by atoms with Gasteiger partial charge in [0.2, 0.25) is 5.91 Å². The van der Waals surface area contributed by atoms with Crippen LogP contribution in [0, 0.1) is 18.8 Å². The van der Waals surface area contributed by atoms with Crippen molar-refractivity contribution in [1.82, 2.24) is 9.80 Å². The lowest BCUT2D eigenvalue weighted by Gasteiger charge is -2.30. The second kappa shape index (κ2) is 11.4. The number of carbonyl (C=O) groups is 1. The first-order valence-electron chi connectivity index (χ1n) is 11.8. The molecule has 186 valence electrons. The van der Waals surface area contributed by atoms with Crippen molar-refractivity contribution >= 4 is 5.91 Å². The molecule has 0 bridgehead atoms. The van der Waals surface area contributed by atoms with Crippen molar-refractivity contribution in [2.45, 2.75) is 39.4 Å². The first kappa shape index (κ1) is 26.2. The zero-order valence-electron chi connectivity index (χ0n) is 20.4. The normalized spacial score (nSPS) is 19.1. The average molecular weight is 477 g/mol. The Bertz CT molecular complexity index is 961. The molecule has 4 nitrogen and oxygen atoms in total. The van der Waals surface area contributed by atoms with Crippen LogP contribution < -0.4 is 0 Å². The van der Waals surface area contributed by atoms with Crippen molar-refractivity contribution in [2.24, 2.45) is 11.8 Å². The second-order valence-electron chi connectivity index (χ2n) is 9.55. The number of hydrogen-bond donors (Lipinski definition) is 0. The number of likely N-dealkylation sites (tertiary alicyclic amines) is 1. The second-order valence-corrected chi connectivity index (χ2v) is 9.55. The maximum absolute atomic E-state index is 13.2. The van der Waals surface area contributed by atoms with Gasteiger partial charge in [0.25, 0.3) is 0 Å². The fraction of sp³-hybridized carbons (Fsp3) is 0.519. The topological polar surface area (TPSA) is 32.8 Å². The molecule has 0 unspecified atom stereocenters. The highest BCUT2D eigenvalue weighted by Gasteiger charge is 2.37. The van der Waals surface area contributed by atoms with Crippen LogP contribution in [0.1, 0.15) is 42.0 Å². The van der Waals surface area contributed by atoms with Crippen molar-refractivity contribution < 1.29 is 22.7 Å². The smallest absolute Gasteiger partial charge is 0.383 e. The van der Waals surface area contributed by atoms with Gasteiger partial charge >= 0.3 is 6.18 Å². The number of aryl methyl sites for hydroxylation is 1. The summed E-state index contributed by atoms with van der Waals surface area (Å²) >= 11 is 0. The molecule has 1 saturated heterocycles. The molecule has 7 heteroatoms. The van der Waals surface area contributed by atoms with Crippen LogP contribution in [0.2, 0.25) is 0 Å². The first-order valence-corrected chi connectivity index (χ1v) is 11.8. The van der Waals surface area contributed by atoms with Crippen molar-refractivity contribution in [2.75, 3.05) is 39.9 Å². The summed E-state index contributed by atoms with van der Waals surface area (Å²) in [6.07, 6.45) is -4.35. The summed E-state index contributed by atoms with van der Waals surface area (Å²) in [5.74, 6) is 0.344. The number of methoxy groups -OCH3 is 1. The fourth-order valence-electron chi connectivity index (χ4n) is 4.88. The SMILES string of the molecule is COCCN(C[C@H]1CN(Cc2cccc(C(F)(F)F)c2)C[C@@H]1c1ccccc1C)C(=O)C(C)C. The van der Waals surface area contributed by atoms with Gasteiger partial charge in [-0.1, -0.05) is 56.3 Å². The molecule has 0 saturated carbocycles. The molecule has 0 aromatic heterocycles. The molecule has 1 aliphatic heterocycles. The number of rotatable bonds is 9. The number of amides is 1. The number of alkyl halides is 3. The van der Waals surface area contributed by atoms with E-state index in [0.29, 0.717) is 38.3 Å². The Balaban J connectivity index is 1.84. The molecule has 2 atom stereocenters. The fourth-order valence-corrected chi connectivity index (χ4v) is 4.88. The summed E-state index contributed by atoms with van der Waals surface area (Å²) in [5, 5.41) is 0. The van der Waals surface area contributed by atoms with Gasteiger partial charge in [0.1, 0.15) is 0 Å². The standard InChI is InChI=1S/C27H35F3N2O2/c1-19(2)26(33)32(12-13-34-4)17-22-16-31(18-25(22)24-11-6-5-8-20(24)3)15-21-9-7-10-23(14-21)27(28,29)30/h5-11,14,19,22,25H,12-13,15-18H2,1-4H3/t22-,25+/m1/s1. The third kappa shape index (κ3) is 6.60. The Morgan fingerprint density at radius 2 is 1.88 bits per heavy atom. The molecule has 0 radical (unpaired) electrons. The van der Waals surface area contributed by atoms with E-state index >= 15 is 0 Å². The highest BCUT2D eigenvalue weighted by atomic mass is 19.4. The van der Waals surface area contributed by atoms with Crippen LogP contribution in [0.25, 0.3) is 0 Å². The lowest BCUT2D eigenvalue weighted by molar-refractivity contribution is -0.137. The van der Waals surface area contributed by atoms with Crippen LogP contribution >= 0.6 is 0 Å². The van der Waals surface area contributed by atoms with E-state index in [2.05, 4.69) is 24.0 Å². The van der Waals surface area contributed by atoms with Gasteiger partial charge in [0.15, 0.2) is 0 Å². The van der Waals surface area contributed by atoms with E-state index in [0.717, 1.165) is 12.6 Å². The largest absolute Gasteiger partial charge is 0.416 e. The number of halogens is 3. The van der Waals surface area contributed by atoms with Gasteiger partial charge in [-0.05, 0) is 35.6 Å². The van der Waals surface area contributed by atoms with E-state index in [1.165, 1.54) is 23.3 Å². The van der Waals surface area contributed by atoms with E-state index in [1.807, 2.05) is 30.9 Å². The molecule has 1 aliphatic rings. The van der Waals surface area contributed by atoms with Crippen molar-refractivity contribution in [1.29, 1.82) is 0 Å². The van der Waals surface area contributed by atoms with E-state index in [9.17, 15) is 18.0 Å². The van der Waals surface area contributed by atoms with Crippen LogP contribution in [-0.4, -0.2) is 55.6 Å². The molecule has 1 fully saturated rings. The number of benzene rings is 2. The summed E-state index contributed by atoms with van der Waals surface area (Å²) in [4.78, 5) is 17.0. The molecule has 3 rings (SSSR count). The van der Waals surface area contributed by atoms with Crippen LogP contribution in [-0.2, 0) is 22.3 Å². The highest BCUT2D eigenvalue weighted by molar-refractivity contribution is 5.78. The summed E-state index contributed by atoms with van der Waals surface area (Å²) in [6.45, 7) is 9.36. The van der Waals surface area contributed by atoms with Crippen LogP contribution in [0.4, 0.5) is 13.2 Å². The van der Waals surface area contributed by atoms with Gasteiger partial charge in [-0.2, -0.15) is 13.2 Å². The molecule has 1 heterocycles. The Morgan fingerprint density at radius 3 is 2.53 bits per heavy atom.